The van der Waals surface area contributed by atoms with Crippen molar-refractivity contribution < 1.29 is 9.32 Å². The van der Waals surface area contributed by atoms with E-state index in [1.165, 1.54) is 11.1 Å². The fourth-order valence-electron chi connectivity index (χ4n) is 4.46. The average Bonchev–Trinajstić information content (AvgIpc) is 3.40. The molecule has 1 fully saturated rings. The van der Waals surface area contributed by atoms with Crippen LogP contribution in [0.3, 0.4) is 0 Å². The molecular formula is C26H29ClN6O2. The van der Waals surface area contributed by atoms with Crippen LogP contribution in [-0.2, 0) is 6.54 Å². The molecular weight excluding hydrogens is 464 g/mol. The Morgan fingerprint density at radius 3 is 2.60 bits per heavy atom. The lowest BCUT2D eigenvalue weighted by molar-refractivity contribution is 0.0461. The first-order valence-electron chi connectivity index (χ1n) is 11.8. The van der Waals surface area contributed by atoms with Crippen LogP contribution in [0.25, 0.3) is 17.3 Å². The number of rotatable bonds is 7. The number of benzene rings is 1. The Morgan fingerprint density at radius 2 is 1.94 bits per heavy atom. The number of amides is 1. The van der Waals surface area contributed by atoms with E-state index in [4.69, 9.17) is 21.1 Å². The Balaban J connectivity index is 1.48. The monoisotopic (exact) mass is 492 g/mol. The maximum Gasteiger partial charge on any atom is 0.278 e. The molecule has 0 bridgehead atoms. The van der Waals surface area contributed by atoms with Gasteiger partial charge in [-0.15, -0.1) is 0 Å². The van der Waals surface area contributed by atoms with Crippen molar-refractivity contribution in [1.29, 1.82) is 0 Å². The molecule has 4 heterocycles. The number of allylic oxidation sites excluding steroid dienone is 2. The summed E-state index contributed by atoms with van der Waals surface area (Å²) in [6.45, 7) is 11.2. The van der Waals surface area contributed by atoms with Crippen LogP contribution in [0.4, 0.5) is 0 Å². The molecule has 0 unspecified atom stereocenters. The summed E-state index contributed by atoms with van der Waals surface area (Å²) in [7, 11) is 0. The van der Waals surface area contributed by atoms with E-state index in [1.54, 1.807) is 12.4 Å². The molecule has 2 aliphatic heterocycles. The van der Waals surface area contributed by atoms with Crippen LogP contribution in [0.1, 0.15) is 62.0 Å². The zero-order valence-electron chi connectivity index (χ0n) is 20.5. The number of imidazole rings is 1. The van der Waals surface area contributed by atoms with E-state index < -0.39 is 0 Å². The van der Waals surface area contributed by atoms with Crippen molar-refractivity contribution in [3.8, 4) is 17.3 Å². The summed E-state index contributed by atoms with van der Waals surface area (Å²) in [5, 5.41) is 4.69. The fourth-order valence-corrected chi connectivity index (χ4v) is 4.71. The molecule has 8 nitrogen and oxygen atoms in total. The first-order valence-corrected chi connectivity index (χ1v) is 12.2. The van der Waals surface area contributed by atoms with E-state index in [0.717, 1.165) is 30.9 Å². The number of hydrogen-bond acceptors (Lipinski definition) is 6. The van der Waals surface area contributed by atoms with Crippen LogP contribution in [0, 0.1) is 0 Å². The van der Waals surface area contributed by atoms with E-state index in [9.17, 15) is 4.79 Å². The molecule has 2 aliphatic rings. The maximum absolute atomic E-state index is 13.2. The van der Waals surface area contributed by atoms with Gasteiger partial charge in [-0.05, 0) is 46.2 Å². The van der Waals surface area contributed by atoms with Gasteiger partial charge < -0.3 is 9.42 Å². The highest BCUT2D eigenvalue weighted by Gasteiger charge is 2.43. The third-order valence-corrected chi connectivity index (χ3v) is 6.73. The van der Waals surface area contributed by atoms with Gasteiger partial charge in [0, 0.05) is 19.6 Å². The molecule has 0 spiro atoms. The third-order valence-electron chi connectivity index (χ3n) is 6.42. The van der Waals surface area contributed by atoms with Gasteiger partial charge in [0.05, 0.1) is 34.6 Å². The topological polar surface area (TPSA) is 80.3 Å². The SMILES string of the molecule is CC(C)=CCN(CC=C(C)C)Cc1noc(-c2ncn3c2[C@@H]2CCN2C(=O)c2c(Cl)cccc2-3)n1. The molecule has 0 N–H and O–H groups in total. The van der Waals surface area contributed by atoms with Gasteiger partial charge in [-0.25, -0.2) is 4.98 Å². The number of hydrogen-bond donors (Lipinski definition) is 0. The van der Waals surface area contributed by atoms with Gasteiger partial charge in [-0.2, -0.15) is 4.98 Å². The predicted octanol–water partition coefficient (Wildman–Crippen LogP) is 5.21. The van der Waals surface area contributed by atoms with Crippen LogP contribution >= 0.6 is 11.6 Å². The number of aromatic nitrogens is 4. The predicted molar refractivity (Wildman–Crippen MR) is 134 cm³/mol. The molecule has 1 atom stereocenters. The highest BCUT2D eigenvalue weighted by atomic mass is 35.5. The fraction of sp³-hybridized carbons (Fsp3) is 0.385. The van der Waals surface area contributed by atoms with Gasteiger partial charge >= 0.3 is 0 Å². The molecule has 182 valence electrons. The smallest absolute Gasteiger partial charge is 0.278 e. The summed E-state index contributed by atoms with van der Waals surface area (Å²) in [4.78, 5) is 26.7. The summed E-state index contributed by atoms with van der Waals surface area (Å²) in [6, 6.07) is 5.38. The number of carbonyl (C=O) groups is 1. The van der Waals surface area contributed by atoms with Gasteiger partial charge in [0.2, 0.25) is 0 Å². The van der Waals surface area contributed by atoms with Crippen LogP contribution < -0.4 is 0 Å². The summed E-state index contributed by atoms with van der Waals surface area (Å²) in [5.74, 6) is 0.907. The van der Waals surface area contributed by atoms with Crippen LogP contribution in [0.5, 0.6) is 0 Å². The Bertz CT molecular complexity index is 1310. The minimum Gasteiger partial charge on any atom is -0.332 e. The number of fused-ring (bicyclic) bond motifs is 5. The van der Waals surface area contributed by atoms with Gasteiger partial charge in [0.1, 0.15) is 6.33 Å². The number of carbonyl (C=O) groups excluding carboxylic acids is 1. The van der Waals surface area contributed by atoms with Gasteiger partial charge in [-0.1, -0.05) is 46.1 Å². The molecule has 9 heteroatoms. The molecule has 2 aromatic heterocycles. The minimum atomic E-state index is -0.106. The molecule has 35 heavy (non-hydrogen) atoms. The Kier molecular flexibility index (Phi) is 6.34. The van der Waals surface area contributed by atoms with Crippen molar-refractivity contribution in [3.63, 3.8) is 0 Å². The number of halogens is 1. The molecule has 0 radical (unpaired) electrons. The molecule has 1 saturated heterocycles. The van der Waals surface area contributed by atoms with Crippen molar-refractivity contribution in [2.45, 2.75) is 46.7 Å². The highest BCUT2D eigenvalue weighted by molar-refractivity contribution is 6.34. The van der Waals surface area contributed by atoms with Crippen LogP contribution in [0.2, 0.25) is 5.02 Å². The van der Waals surface area contributed by atoms with Crippen molar-refractivity contribution in [2.24, 2.45) is 0 Å². The second kappa shape index (κ2) is 9.43. The van der Waals surface area contributed by atoms with E-state index >= 15 is 0 Å². The zero-order chi connectivity index (χ0) is 24.7. The van der Waals surface area contributed by atoms with Crippen molar-refractivity contribution in [1.82, 2.24) is 29.5 Å². The first kappa shape index (κ1) is 23.5. The van der Waals surface area contributed by atoms with E-state index in [0.29, 0.717) is 41.1 Å². The van der Waals surface area contributed by atoms with Gasteiger partial charge in [-0.3, -0.25) is 14.3 Å². The third kappa shape index (κ3) is 4.44. The molecule has 0 saturated carbocycles. The molecule has 0 aliphatic carbocycles. The second-order valence-corrected chi connectivity index (χ2v) is 9.97. The second-order valence-electron chi connectivity index (χ2n) is 9.56. The Hall–Kier alpha value is -3.23. The lowest BCUT2D eigenvalue weighted by atomic mass is 9.97. The van der Waals surface area contributed by atoms with Crippen LogP contribution in [-0.4, -0.2) is 55.0 Å². The zero-order valence-corrected chi connectivity index (χ0v) is 21.2. The lowest BCUT2D eigenvalue weighted by Crippen LogP contribution is -2.44. The molecule has 1 amide bonds. The number of nitrogens with zero attached hydrogens (tertiary/aromatic N) is 6. The summed E-state index contributed by atoms with van der Waals surface area (Å²) in [5.41, 5.74) is 5.25. The summed E-state index contributed by atoms with van der Waals surface area (Å²) >= 11 is 6.44. The Labute approximate surface area is 209 Å². The van der Waals surface area contributed by atoms with Crippen molar-refractivity contribution >= 4 is 17.5 Å². The minimum absolute atomic E-state index is 0.0584. The summed E-state index contributed by atoms with van der Waals surface area (Å²) < 4.78 is 7.63. The normalized spacial score (nSPS) is 16.2. The molecule has 3 aromatic rings. The van der Waals surface area contributed by atoms with Crippen molar-refractivity contribution in [3.05, 3.63) is 69.9 Å². The first-order chi connectivity index (χ1) is 16.8. The summed E-state index contributed by atoms with van der Waals surface area (Å²) in [6.07, 6.45) is 6.95. The highest BCUT2D eigenvalue weighted by Crippen LogP contribution is 2.44. The van der Waals surface area contributed by atoms with E-state index in [1.807, 2.05) is 21.6 Å². The standard InChI is InChI=1S/C26H29ClN6O2/c1-16(2)8-11-31(12-9-17(3)4)14-21-29-25(35-30-21)23-24-20-10-13-32(20)26(34)22-18(27)6-5-7-19(22)33(24)15-28-23/h5-9,15,20H,10-14H2,1-4H3/t20-/m0/s1. The van der Waals surface area contributed by atoms with E-state index in [-0.39, 0.29) is 11.9 Å². The van der Waals surface area contributed by atoms with Gasteiger partial charge in [0.15, 0.2) is 11.5 Å². The van der Waals surface area contributed by atoms with Crippen molar-refractivity contribution in [2.75, 3.05) is 19.6 Å². The quantitative estimate of drug-likeness (QED) is 0.421. The van der Waals surface area contributed by atoms with Crippen LogP contribution in [0.15, 0.2) is 52.3 Å². The largest absolute Gasteiger partial charge is 0.332 e. The molecule has 1 aromatic carbocycles. The van der Waals surface area contributed by atoms with Gasteiger partial charge in [0.25, 0.3) is 11.8 Å². The Morgan fingerprint density at radius 1 is 1.20 bits per heavy atom. The van der Waals surface area contributed by atoms with E-state index in [2.05, 4.69) is 54.9 Å². The maximum atomic E-state index is 13.2. The average molecular weight is 493 g/mol. The lowest BCUT2D eigenvalue weighted by Gasteiger charge is -2.39. The molecule has 5 rings (SSSR count).